The molecule has 0 rings (SSSR count). The molecule has 0 aliphatic heterocycles. The van der Waals surface area contributed by atoms with Gasteiger partial charge in [0.1, 0.15) is 6.04 Å². The zero-order valence-corrected chi connectivity index (χ0v) is 10.6. The highest BCUT2D eigenvalue weighted by Gasteiger charge is 2.17. The topological polar surface area (TPSA) is 75.6 Å². The lowest BCUT2D eigenvalue weighted by atomic mass is 10.2. The van der Waals surface area contributed by atoms with E-state index in [2.05, 4.69) is 5.32 Å². The van der Waals surface area contributed by atoms with Crippen LogP contribution in [-0.4, -0.2) is 35.7 Å². The third kappa shape index (κ3) is 8.45. The van der Waals surface area contributed by atoms with Crippen molar-refractivity contribution in [3.8, 4) is 0 Å². The summed E-state index contributed by atoms with van der Waals surface area (Å²) in [5.74, 6) is -1.33. The Hall–Kier alpha value is -1.36. The Morgan fingerprint density at radius 2 is 2.06 bits per heavy atom. The summed E-state index contributed by atoms with van der Waals surface area (Å²) in [6, 6.07) is -0.863. The predicted octanol–water partition coefficient (Wildman–Crippen LogP) is 1.34. The van der Waals surface area contributed by atoms with E-state index in [4.69, 9.17) is 9.84 Å². The molecule has 0 aromatic heterocycles. The molecule has 1 amide bonds. The van der Waals surface area contributed by atoms with Crippen molar-refractivity contribution in [1.29, 1.82) is 0 Å². The average molecular weight is 243 g/mol. The molecule has 0 bridgehead atoms. The van der Waals surface area contributed by atoms with Gasteiger partial charge in [0, 0.05) is 6.42 Å². The second-order valence-electron chi connectivity index (χ2n) is 3.93. The van der Waals surface area contributed by atoms with Crippen molar-refractivity contribution in [2.75, 3.05) is 6.61 Å². The maximum Gasteiger partial charge on any atom is 0.326 e. The molecule has 98 valence electrons. The summed E-state index contributed by atoms with van der Waals surface area (Å²) in [6.45, 7) is 5.87. The smallest absolute Gasteiger partial charge is 0.326 e. The SMILES string of the molecule is C/C=C/CC(NC(=O)CCOC(C)C)C(=O)O. The van der Waals surface area contributed by atoms with Gasteiger partial charge in [-0.3, -0.25) is 4.79 Å². The number of amides is 1. The van der Waals surface area contributed by atoms with E-state index in [0.717, 1.165) is 0 Å². The van der Waals surface area contributed by atoms with Crippen LogP contribution in [0.1, 0.15) is 33.6 Å². The van der Waals surface area contributed by atoms with Crippen LogP contribution in [0.3, 0.4) is 0 Å². The third-order valence-corrected chi connectivity index (χ3v) is 2.02. The molecule has 5 heteroatoms. The first-order valence-electron chi connectivity index (χ1n) is 5.72. The van der Waals surface area contributed by atoms with Gasteiger partial charge in [0.2, 0.25) is 5.91 Å². The minimum atomic E-state index is -1.03. The van der Waals surface area contributed by atoms with Crippen molar-refractivity contribution in [1.82, 2.24) is 5.32 Å². The molecule has 5 nitrogen and oxygen atoms in total. The average Bonchev–Trinajstić information content (AvgIpc) is 2.23. The first kappa shape index (κ1) is 15.6. The Kier molecular flexibility index (Phi) is 8.05. The molecule has 0 spiro atoms. The van der Waals surface area contributed by atoms with E-state index in [1.54, 1.807) is 19.1 Å². The van der Waals surface area contributed by atoms with E-state index in [9.17, 15) is 9.59 Å². The second-order valence-corrected chi connectivity index (χ2v) is 3.93. The minimum Gasteiger partial charge on any atom is -0.480 e. The molecule has 1 atom stereocenters. The Balaban J connectivity index is 3.99. The van der Waals surface area contributed by atoms with E-state index < -0.39 is 12.0 Å². The molecule has 0 fully saturated rings. The van der Waals surface area contributed by atoms with Gasteiger partial charge in [-0.1, -0.05) is 12.2 Å². The number of nitrogens with one attached hydrogen (secondary N) is 1. The van der Waals surface area contributed by atoms with Crippen molar-refractivity contribution < 1.29 is 19.4 Å². The van der Waals surface area contributed by atoms with Crippen LogP contribution >= 0.6 is 0 Å². The number of ether oxygens (including phenoxy) is 1. The van der Waals surface area contributed by atoms with Crippen LogP contribution in [0, 0.1) is 0 Å². The Labute approximate surface area is 102 Å². The lowest BCUT2D eigenvalue weighted by Crippen LogP contribution is -2.40. The van der Waals surface area contributed by atoms with Crippen LogP contribution in [0.5, 0.6) is 0 Å². The summed E-state index contributed by atoms with van der Waals surface area (Å²) in [5, 5.41) is 11.3. The molecule has 0 heterocycles. The fourth-order valence-electron chi connectivity index (χ4n) is 1.15. The molecule has 1 unspecified atom stereocenters. The molecule has 0 saturated carbocycles. The summed E-state index contributed by atoms with van der Waals surface area (Å²) >= 11 is 0. The van der Waals surface area contributed by atoms with Gasteiger partial charge >= 0.3 is 5.97 Å². The van der Waals surface area contributed by atoms with E-state index in [-0.39, 0.29) is 18.4 Å². The lowest BCUT2D eigenvalue weighted by Gasteiger charge is -2.13. The van der Waals surface area contributed by atoms with Crippen LogP contribution in [0.15, 0.2) is 12.2 Å². The van der Waals surface area contributed by atoms with E-state index in [0.29, 0.717) is 13.0 Å². The molecule has 0 aliphatic rings. The number of carbonyl (C=O) groups is 2. The zero-order valence-electron chi connectivity index (χ0n) is 10.6. The number of rotatable bonds is 8. The fourth-order valence-corrected chi connectivity index (χ4v) is 1.15. The molecule has 0 aliphatic carbocycles. The van der Waals surface area contributed by atoms with E-state index >= 15 is 0 Å². The maximum atomic E-state index is 11.4. The largest absolute Gasteiger partial charge is 0.480 e. The van der Waals surface area contributed by atoms with Crippen molar-refractivity contribution in [3.05, 3.63) is 12.2 Å². The minimum absolute atomic E-state index is 0.0705. The zero-order chi connectivity index (χ0) is 13.3. The highest BCUT2D eigenvalue weighted by Crippen LogP contribution is 1.97. The monoisotopic (exact) mass is 243 g/mol. The summed E-state index contributed by atoms with van der Waals surface area (Å²) in [5.41, 5.74) is 0. The van der Waals surface area contributed by atoms with E-state index in [1.165, 1.54) is 0 Å². The fraction of sp³-hybridized carbons (Fsp3) is 0.667. The summed E-state index contributed by atoms with van der Waals surface area (Å²) in [7, 11) is 0. The molecular formula is C12H21NO4. The molecular weight excluding hydrogens is 222 g/mol. The first-order chi connectivity index (χ1) is 7.97. The van der Waals surface area contributed by atoms with Crippen molar-refractivity contribution in [2.45, 2.75) is 45.8 Å². The van der Waals surface area contributed by atoms with Gasteiger partial charge in [-0.2, -0.15) is 0 Å². The Morgan fingerprint density at radius 3 is 2.53 bits per heavy atom. The molecule has 0 radical (unpaired) electrons. The highest BCUT2D eigenvalue weighted by atomic mass is 16.5. The second kappa shape index (κ2) is 8.75. The van der Waals surface area contributed by atoms with Gasteiger partial charge in [0.05, 0.1) is 12.7 Å². The number of carbonyl (C=O) groups excluding carboxylic acids is 1. The predicted molar refractivity (Wildman–Crippen MR) is 64.7 cm³/mol. The molecule has 17 heavy (non-hydrogen) atoms. The maximum absolute atomic E-state index is 11.4. The molecule has 0 aromatic rings. The number of carboxylic acids is 1. The van der Waals surface area contributed by atoms with Crippen molar-refractivity contribution in [2.24, 2.45) is 0 Å². The first-order valence-corrected chi connectivity index (χ1v) is 5.72. The number of aliphatic carboxylic acids is 1. The van der Waals surface area contributed by atoms with Crippen LogP contribution in [-0.2, 0) is 14.3 Å². The summed E-state index contributed by atoms with van der Waals surface area (Å²) in [6.07, 6.45) is 4.01. The summed E-state index contributed by atoms with van der Waals surface area (Å²) < 4.78 is 5.21. The van der Waals surface area contributed by atoms with Gasteiger partial charge in [0.15, 0.2) is 0 Å². The van der Waals surface area contributed by atoms with Gasteiger partial charge < -0.3 is 15.2 Å². The van der Waals surface area contributed by atoms with Crippen LogP contribution < -0.4 is 5.32 Å². The lowest BCUT2D eigenvalue weighted by molar-refractivity contribution is -0.141. The molecule has 0 saturated heterocycles. The number of hydrogen-bond donors (Lipinski definition) is 2. The standard InChI is InChI=1S/C12H21NO4/c1-4-5-6-10(12(15)16)13-11(14)7-8-17-9(2)3/h4-5,9-10H,6-8H2,1-3H3,(H,13,14)(H,15,16)/b5-4+. The van der Waals surface area contributed by atoms with Gasteiger partial charge in [-0.25, -0.2) is 4.79 Å². The molecule has 0 aromatic carbocycles. The normalized spacial score (nSPS) is 12.9. The quantitative estimate of drug-likeness (QED) is 0.631. The van der Waals surface area contributed by atoms with Gasteiger partial charge in [-0.15, -0.1) is 0 Å². The van der Waals surface area contributed by atoms with E-state index in [1.807, 2.05) is 13.8 Å². The van der Waals surface area contributed by atoms with Gasteiger partial charge in [-0.05, 0) is 27.2 Å². The Morgan fingerprint density at radius 1 is 1.41 bits per heavy atom. The van der Waals surface area contributed by atoms with Crippen LogP contribution in [0.2, 0.25) is 0 Å². The Bertz CT molecular complexity index is 274. The van der Waals surface area contributed by atoms with Crippen molar-refractivity contribution in [3.63, 3.8) is 0 Å². The number of hydrogen-bond acceptors (Lipinski definition) is 3. The highest BCUT2D eigenvalue weighted by molar-refractivity contribution is 5.83. The van der Waals surface area contributed by atoms with Crippen LogP contribution in [0.25, 0.3) is 0 Å². The third-order valence-electron chi connectivity index (χ3n) is 2.02. The summed E-state index contributed by atoms with van der Waals surface area (Å²) in [4.78, 5) is 22.3. The number of carboxylic acid groups (broad SMARTS) is 1. The number of allylic oxidation sites excluding steroid dienone is 1. The van der Waals surface area contributed by atoms with Crippen LogP contribution in [0.4, 0.5) is 0 Å². The van der Waals surface area contributed by atoms with Crippen molar-refractivity contribution >= 4 is 11.9 Å². The van der Waals surface area contributed by atoms with Gasteiger partial charge in [0.25, 0.3) is 0 Å². The molecule has 2 N–H and O–H groups in total.